The highest BCUT2D eigenvalue weighted by Gasteiger charge is 2.17. The molecule has 26 heavy (non-hydrogen) atoms. The highest BCUT2D eigenvalue weighted by molar-refractivity contribution is 7.89. The molecule has 0 spiro atoms. The lowest BCUT2D eigenvalue weighted by atomic mass is 9.99. The predicted molar refractivity (Wildman–Crippen MR) is 103 cm³/mol. The molecule has 0 saturated heterocycles. The summed E-state index contributed by atoms with van der Waals surface area (Å²) in [5.74, 6) is -0.304. The molecule has 0 aliphatic carbocycles. The number of halogens is 1. The Labute approximate surface area is 157 Å². The molecule has 4 nitrogen and oxygen atoms in total. The first-order valence-corrected chi connectivity index (χ1v) is 9.72. The van der Waals surface area contributed by atoms with Crippen LogP contribution in [0.25, 0.3) is 11.1 Å². The van der Waals surface area contributed by atoms with Gasteiger partial charge >= 0.3 is 0 Å². The molecule has 0 amide bonds. The van der Waals surface area contributed by atoms with E-state index in [1.54, 1.807) is 12.1 Å². The average Bonchev–Trinajstić information content (AvgIpc) is 2.61. The van der Waals surface area contributed by atoms with E-state index in [-0.39, 0.29) is 21.3 Å². The molecule has 2 N–H and O–H groups in total. The molecular formula is C20H16ClNO3S. The maximum Gasteiger partial charge on any atom is 0.239 e. The van der Waals surface area contributed by atoms with Crippen LogP contribution in [0, 0.1) is 6.92 Å². The van der Waals surface area contributed by atoms with Crippen molar-refractivity contribution in [3.05, 3.63) is 88.4 Å². The summed E-state index contributed by atoms with van der Waals surface area (Å²) in [6.45, 7) is 2.02. The first-order chi connectivity index (χ1) is 12.3. The second-order valence-corrected chi connectivity index (χ2v) is 7.90. The van der Waals surface area contributed by atoms with Gasteiger partial charge in [0.2, 0.25) is 10.0 Å². The topological polar surface area (TPSA) is 77.2 Å². The van der Waals surface area contributed by atoms with E-state index in [4.69, 9.17) is 16.7 Å². The normalized spacial score (nSPS) is 11.3. The second kappa shape index (κ2) is 7.03. The van der Waals surface area contributed by atoms with Crippen LogP contribution in [-0.4, -0.2) is 14.2 Å². The molecule has 0 aliphatic rings. The Hall–Kier alpha value is -2.47. The van der Waals surface area contributed by atoms with Gasteiger partial charge in [0, 0.05) is 11.1 Å². The van der Waals surface area contributed by atoms with Crippen molar-refractivity contribution >= 4 is 27.4 Å². The molecule has 0 heterocycles. The summed E-state index contributed by atoms with van der Waals surface area (Å²) in [7, 11) is -4.00. The quantitative estimate of drug-likeness (QED) is 0.684. The molecule has 3 aromatic carbocycles. The van der Waals surface area contributed by atoms with Gasteiger partial charge in [-0.05, 0) is 36.2 Å². The molecule has 0 bridgehead atoms. The Morgan fingerprint density at radius 1 is 0.846 bits per heavy atom. The van der Waals surface area contributed by atoms with E-state index in [2.05, 4.69) is 0 Å². The van der Waals surface area contributed by atoms with E-state index in [0.29, 0.717) is 5.56 Å². The van der Waals surface area contributed by atoms with Crippen molar-refractivity contribution in [1.29, 1.82) is 0 Å². The molecule has 0 radical (unpaired) electrons. The van der Waals surface area contributed by atoms with Gasteiger partial charge in [-0.2, -0.15) is 0 Å². The molecule has 3 rings (SSSR count). The summed E-state index contributed by atoms with van der Waals surface area (Å²) < 4.78 is 23.1. The van der Waals surface area contributed by atoms with E-state index in [0.717, 1.165) is 11.1 Å². The van der Waals surface area contributed by atoms with Crippen LogP contribution < -0.4 is 5.14 Å². The van der Waals surface area contributed by atoms with E-state index in [1.807, 2.05) is 43.3 Å². The minimum Gasteiger partial charge on any atom is -0.289 e. The first kappa shape index (κ1) is 18.3. The van der Waals surface area contributed by atoms with Crippen LogP contribution in [0.2, 0.25) is 5.02 Å². The number of sulfonamides is 1. The molecular weight excluding hydrogens is 370 g/mol. The Bertz CT molecular complexity index is 1070. The van der Waals surface area contributed by atoms with Crippen LogP contribution in [0.15, 0.2) is 71.6 Å². The van der Waals surface area contributed by atoms with Crippen molar-refractivity contribution in [1.82, 2.24) is 0 Å². The number of hydrogen-bond acceptors (Lipinski definition) is 3. The van der Waals surface area contributed by atoms with Crippen LogP contribution in [0.4, 0.5) is 0 Å². The molecule has 3 aromatic rings. The van der Waals surface area contributed by atoms with E-state index in [1.165, 1.54) is 23.8 Å². The van der Waals surface area contributed by atoms with Gasteiger partial charge in [0.25, 0.3) is 0 Å². The lowest BCUT2D eigenvalue weighted by Gasteiger charge is -2.07. The maximum atomic E-state index is 12.7. The number of benzene rings is 3. The molecule has 0 aliphatic heterocycles. The molecule has 0 saturated carbocycles. The zero-order valence-electron chi connectivity index (χ0n) is 13.9. The number of rotatable bonds is 4. The Morgan fingerprint density at radius 3 is 1.88 bits per heavy atom. The number of carbonyl (C=O) groups is 1. The molecule has 0 aromatic heterocycles. The maximum absolute atomic E-state index is 12.7. The average molecular weight is 386 g/mol. The van der Waals surface area contributed by atoms with Crippen molar-refractivity contribution in [3.63, 3.8) is 0 Å². The molecule has 0 unspecified atom stereocenters. The highest BCUT2D eigenvalue weighted by atomic mass is 35.5. The molecule has 6 heteroatoms. The van der Waals surface area contributed by atoms with Gasteiger partial charge in [0.15, 0.2) is 5.78 Å². The van der Waals surface area contributed by atoms with Crippen molar-refractivity contribution in [2.45, 2.75) is 11.8 Å². The smallest absolute Gasteiger partial charge is 0.239 e. The van der Waals surface area contributed by atoms with Crippen LogP contribution in [0.3, 0.4) is 0 Å². The van der Waals surface area contributed by atoms with Crippen molar-refractivity contribution < 1.29 is 13.2 Å². The van der Waals surface area contributed by atoms with Crippen LogP contribution in [-0.2, 0) is 10.0 Å². The van der Waals surface area contributed by atoms with Gasteiger partial charge in [0.05, 0.1) is 5.02 Å². The fraction of sp³-hybridized carbons (Fsp3) is 0.0500. The molecule has 0 fully saturated rings. The third-order valence-electron chi connectivity index (χ3n) is 4.03. The van der Waals surface area contributed by atoms with Gasteiger partial charge in [-0.25, -0.2) is 13.6 Å². The van der Waals surface area contributed by atoms with Gasteiger partial charge in [-0.3, -0.25) is 4.79 Å². The fourth-order valence-corrected chi connectivity index (χ4v) is 3.66. The summed E-state index contributed by atoms with van der Waals surface area (Å²) in [6.07, 6.45) is 0. The van der Waals surface area contributed by atoms with Crippen LogP contribution in [0.1, 0.15) is 21.5 Å². The summed E-state index contributed by atoms with van der Waals surface area (Å²) in [5.41, 5.74) is 3.87. The molecule has 132 valence electrons. The van der Waals surface area contributed by atoms with Crippen LogP contribution >= 0.6 is 11.6 Å². The number of hydrogen-bond donors (Lipinski definition) is 1. The van der Waals surface area contributed by atoms with E-state index in [9.17, 15) is 13.2 Å². The largest absolute Gasteiger partial charge is 0.289 e. The van der Waals surface area contributed by atoms with Crippen molar-refractivity contribution in [2.24, 2.45) is 5.14 Å². The zero-order chi connectivity index (χ0) is 18.9. The Morgan fingerprint density at radius 2 is 1.35 bits per heavy atom. The molecule has 0 atom stereocenters. The monoisotopic (exact) mass is 385 g/mol. The number of primary sulfonamides is 1. The van der Waals surface area contributed by atoms with Crippen LogP contribution in [0.5, 0.6) is 0 Å². The lowest BCUT2D eigenvalue weighted by Crippen LogP contribution is -2.14. The van der Waals surface area contributed by atoms with Gasteiger partial charge < -0.3 is 0 Å². The van der Waals surface area contributed by atoms with Crippen molar-refractivity contribution in [2.75, 3.05) is 0 Å². The summed E-state index contributed by atoms with van der Waals surface area (Å²) >= 11 is 5.86. The summed E-state index contributed by atoms with van der Waals surface area (Å²) in [6, 6.07) is 19.3. The highest BCUT2D eigenvalue weighted by Crippen LogP contribution is 2.24. The number of carbonyl (C=O) groups excluding carboxylic acids is 1. The first-order valence-electron chi connectivity index (χ1n) is 7.80. The van der Waals surface area contributed by atoms with Gasteiger partial charge in [-0.1, -0.05) is 65.7 Å². The van der Waals surface area contributed by atoms with Gasteiger partial charge in [0.1, 0.15) is 4.90 Å². The summed E-state index contributed by atoms with van der Waals surface area (Å²) in [4.78, 5) is 12.4. The zero-order valence-corrected chi connectivity index (χ0v) is 15.5. The van der Waals surface area contributed by atoms with Gasteiger partial charge in [-0.15, -0.1) is 0 Å². The third-order valence-corrected chi connectivity index (χ3v) is 5.42. The minimum absolute atomic E-state index is 0.0150. The third kappa shape index (κ3) is 3.85. The fourth-order valence-electron chi connectivity index (χ4n) is 2.59. The summed E-state index contributed by atoms with van der Waals surface area (Å²) in [5, 5.41) is 5.12. The Balaban J connectivity index is 1.92. The predicted octanol–water partition coefficient (Wildman–Crippen LogP) is 4.19. The Kier molecular flexibility index (Phi) is 4.96. The minimum atomic E-state index is -4.00. The number of nitrogens with two attached hydrogens (primary N) is 1. The second-order valence-electron chi connectivity index (χ2n) is 5.96. The SMILES string of the molecule is Cc1ccc(-c2ccc(C(=O)c3ccc(Cl)c(S(N)(=O)=O)c3)cc2)cc1. The number of aryl methyl sites for hydroxylation is 1. The standard InChI is InChI=1S/C20H16ClNO3S/c1-13-2-4-14(5-3-13)15-6-8-16(9-7-15)20(23)17-10-11-18(21)19(12-17)26(22,24)25/h2-12H,1H3,(H2,22,24,25). The van der Waals surface area contributed by atoms with E-state index < -0.39 is 10.0 Å². The van der Waals surface area contributed by atoms with E-state index >= 15 is 0 Å². The lowest BCUT2D eigenvalue weighted by molar-refractivity contribution is 0.103. The number of ketones is 1. The van der Waals surface area contributed by atoms with Crippen molar-refractivity contribution in [3.8, 4) is 11.1 Å².